The molecule has 0 fully saturated rings. The summed E-state index contributed by atoms with van der Waals surface area (Å²) in [5.41, 5.74) is 0.280. The lowest BCUT2D eigenvalue weighted by atomic mass is 10.0. The Morgan fingerprint density at radius 3 is 2.67 bits per heavy atom. The van der Waals surface area contributed by atoms with Crippen LogP contribution >= 0.6 is 0 Å². The Bertz CT molecular complexity index is 440. The largest absolute Gasteiger partial charge is 0.497 e. The molecule has 0 heterocycles. The van der Waals surface area contributed by atoms with Gasteiger partial charge < -0.3 is 9.84 Å². The number of methoxy groups -OCH3 is 1. The van der Waals surface area contributed by atoms with Crippen molar-refractivity contribution in [3.05, 3.63) is 36.4 Å². The van der Waals surface area contributed by atoms with Crippen LogP contribution in [0.2, 0.25) is 18.6 Å². The molecule has 2 atom stereocenters. The van der Waals surface area contributed by atoms with Crippen molar-refractivity contribution in [2.24, 2.45) is 0 Å². The molecule has 0 spiro atoms. The molecule has 1 aromatic rings. The fourth-order valence-electron chi connectivity index (χ4n) is 2.90. The lowest BCUT2D eigenvalue weighted by Gasteiger charge is -2.36. The molecule has 18 heavy (non-hydrogen) atoms. The van der Waals surface area contributed by atoms with Crippen LogP contribution in [-0.4, -0.2) is 26.4 Å². The summed E-state index contributed by atoms with van der Waals surface area (Å²) in [5, 5.41) is 11.6. The average Bonchev–Trinajstić information content (AvgIpc) is 2.39. The van der Waals surface area contributed by atoms with Gasteiger partial charge in [-0.2, -0.15) is 0 Å². The highest BCUT2D eigenvalue weighted by atomic mass is 28.3. The number of aliphatic hydroxyl groups is 1. The lowest BCUT2D eigenvalue weighted by molar-refractivity contribution is 0.162. The van der Waals surface area contributed by atoms with Crippen molar-refractivity contribution in [3.8, 4) is 5.75 Å². The monoisotopic (exact) mass is 262 g/mol. The predicted octanol–water partition coefficient (Wildman–Crippen LogP) is 2.69. The van der Waals surface area contributed by atoms with Crippen LogP contribution in [0.15, 0.2) is 36.4 Å². The molecular formula is C15H22O2Si. The number of benzene rings is 1. The number of allylic oxidation sites excluding steroid dienone is 1. The van der Waals surface area contributed by atoms with Crippen LogP contribution in [0.3, 0.4) is 0 Å². The Hall–Kier alpha value is -1.06. The molecule has 0 saturated heterocycles. The second-order valence-corrected chi connectivity index (χ2v) is 10.2. The van der Waals surface area contributed by atoms with Crippen LogP contribution in [0.5, 0.6) is 5.75 Å². The van der Waals surface area contributed by atoms with Gasteiger partial charge in [-0.15, -0.1) is 0 Å². The first-order valence-corrected chi connectivity index (χ1v) is 9.63. The Balaban J connectivity index is 2.40. The van der Waals surface area contributed by atoms with E-state index in [0.717, 1.165) is 18.6 Å². The maximum atomic E-state index is 10.3. The second-order valence-electron chi connectivity index (χ2n) is 5.52. The van der Waals surface area contributed by atoms with E-state index in [-0.39, 0.29) is 11.6 Å². The van der Waals surface area contributed by atoms with Crippen LogP contribution in [0.1, 0.15) is 12.8 Å². The van der Waals surface area contributed by atoms with Gasteiger partial charge in [-0.05, 0) is 24.1 Å². The van der Waals surface area contributed by atoms with E-state index >= 15 is 0 Å². The third-order valence-corrected chi connectivity index (χ3v) is 8.07. The minimum absolute atomic E-state index is 0.207. The van der Waals surface area contributed by atoms with Crippen molar-refractivity contribution in [2.45, 2.75) is 37.6 Å². The Morgan fingerprint density at radius 1 is 1.28 bits per heavy atom. The second kappa shape index (κ2) is 5.29. The first kappa shape index (κ1) is 13.4. The molecule has 1 N–H and O–H groups in total. The molecule has 98 valence electrons. The first-order valence-electron chi connectivity index (χ1n) is 6.55. The minimum Gasteiger partial charge on any atom is -0.497 e. The van der Waals surface area contributed by atoms with Crippen molar-refractivity contribution in [3.63, 3.8) is 0 Å². The van der Waals surface area contributed by atoms with Gasteiger partial charge in [0.05, 0.1) is 21.3 Å². The zero-order chi connectivity index (χ0) is 13.2. The van der Waals surface area contributed by atoms with Gasteiger partial charge >= 0.3 is 0 Å². The van der Waals surface area contributed by atoms with E-state index in [2.05, 4.69) is 37.4 Å². The van der Waals surface area contributed by atoms with Gasteiger partial charge in [-0.25, -0.2) is 0 Å². The van der Waals surface area contributed by atoms with Gasteiger partial charge in [0.25, 0.3) is 0 Å². The molecule has 0 radical (unpaired) electrons. The topological polar surface area (TPSA) is 29.5 Å². The SMILES string of the molecule is COc1ccccc1[Si](C)(C)[C@H]1C=CCC[C@@H]1O. The molecule has 2 rings (SSSR count). The van der Waals surface area contributed by atoms with Crippen LogP contribution in [0, 0.1) is 0 Å². The predicted molar refractivity (Wildman–Crippen MR) is 78.2 cm³/mol. The molecule has 0 amide bonds. The zero-order valence-corrected chi connectivity index (χ0v) is 12.4. The molecule has 1 aromatic carbocycles. The van der Waals surface area contributed by atoms with Crippen molar-refractivity contribution in [1.82, 2.24) is 0 Å². The van der Waals surface area contributed by atoms with Crippen LogP contribution < -0.4 is 9.92 Å². The standard InChI is InChI=1S/C15H22O2Si/c1-17-13-9-5-7-11-15(13)18(2,3)14-10-6-4-8-12(14)16/h5-7,9-12,14,16H,4,8H2,1-3H3/t12-,14-/m0/s1. The molecule has 0 bridgehead atoms. The smallest absolute Gasteiger partial charge is 0.118 e. The molecule has 3 heteroatoms. The first-order chi connectivity index (χ1) is 8.57. The maximum Gasteiger partial charge on any atom is 0.118 e. The molecule has 0 unspecified atom stereocenters. The summed E-state index contributed by atoms with van der Waals surface area (Å²) in [6, 6.07) is 8.23. The number of hydrogen-bond donors (Lipinski definition) is 1. The summed E-state index contributed by atoms with van der Waals surface area (Å²) in [4.78, 5) is 0. The Kier molecular flexibility index (Phi) is 3.93. The van der Waals surface area contributed by atoms with E-state index in [4.69, 9.17) is 4.74 Å². The summed E-state index contributed by atoms with van der Waals surface area (Å²) >= 11 is 0. The van der Waals surface area contributed by atoms with Gasteiger partial charge in [-0.3, -0.25) is 0 Å². The lowest BCUT2D eigenvalue weighted by Crippen LogP contribution is -2.50. The summed E-state index contributed by atoms with van der Waals surface area (Å²) in [6.07, 6.45) is 6.09. The van der Waals surface area contributed by atoms with Crippen molar-refractivity contribution in [2.75, 3.05) is 7.11 Å². The maximum absolute atomic E-state index is 10.3. The van der Waals surface area contributed by atoms with Crippen molar-refractivity contribution >= 4 is 13.3 Å². The molecule has 2 nitrogen and oxygen atoms in total. The van der Waals surface area contributed by atoms with Gasteiger partial charge in [0.2, 0.25) is 0 Å². The minimum atomic E-state index is -1.77. The number of hydrogen-bond acceptors (Lipinski definition) is 2. The van der Waals surface area contributed by atoms with E-state index < -0.39 is 8.07 Å². The number of ether oxygens (including phenoxy) is 1. The normalized spacial score (nSPS) is 24.0. The third-order valence-electron chi connectivity index (χ3n) is 4.02. The average molecular weight is 262 g/mol. The van der Waals surface area contributed by atoms with E-state index in [1.54, 1.807) is 7.11 Å². The van der Waals surface area contributed by atoms with E-state index in [1.807, 2.05) is 12.1 Å². The van der Waals surface area contributed by atoms with Gasteiger partial charge in [0.15, 0.2) is 0 Å². The molecule has 0 saturated carbocycles. The number of aliphatic hydroxyl groups excluding tert-OH is 1. The zero-order valence-electron chi connectivity index (χ0n) is 11.4. The van der Waals surface area contributed by atoms with Gasteiger partial charge in [0.1, 0.15) is 5.75 Å². The molecule has 1 aliphatic carbocycles. The van der Waals surface area contributed by atoms with Crippen LogP contribution in [-0.2, 0) is 0 Å². The molecule has 0 aromatic heterocycles. The number of rotatable bonds is 3. The van der Waals surface area contributed by atoms with Crippen LogP contribution in [0.25, 0.3) is 0 Å². The third kappa shape index (κ3) is 2.38. The molecule has 0 aliphatic heterocycles. The summed E-state index contributed by atoms with van der Waals surface area (Å²) < 4.78 is 5.49. The highest BCUT2D eigenvalue weighted by Gasteiger charge is 2.39. The quantitative estimate of drug-likeness (QED) is 0.670. The molecular weight excluding hydrogens is 240 g/mol. The van der Waals surface area contributed by atoms with Crippen molar-refractivity contribution in [1.29, 1.82) is 0 Å². The fraction of sp³-hybridized carbons (Fsp3) is 0.467. The Morgan fingerprint density at radius 2 is 2.00 bits per heavy atom. The van der Waals surface area contributed by atoms with Gasteiger partial charge in [0, 0.05) is 5.54 Å². The summed E-state index contributed by atoms with van der Waals surface area (Å²) in [6.45, 7) is 4.63. The van der Waals surface area contributed by atoms with Crippen molar-refractivity contribution < 1.29 is 9.84 Å². The number of para-hydroxylation sites is 1. The summed E-state index contributed by atoms with van der Waals surface area (Å²) in [7, 11) is -0.0503. The van der Waals surface area contributed by atoms with E-state index in [9.17, 15) is 5.11 Å². The Labute approximate surface area is 110 Å². The summed E-state index contributed by atoms with van der Waals surface area (Å²) in [5.74, 6) is 0.959. The highest BCUT2D eigenvalue weighted by molar-refractivity contribution is 6.92. The van der Waals surface area contributed by atoms with Crippen LogP contribution in [0.4, 0.5) is 0 Å². The van der Waals surface area contributed by atoms with E-state index in [1.165, 1.54) is 5.19 Å². The molecule has 1 aliphatic rings. The highest BCUT2D eigenvalue weighted by Crippen LogP contribution is 2.34. The fourth-order valence-corrected chi connectivity index (χ4v) is 6.35. The van der Waals surface area contributed by atoms with E-state index in [0.29, 0.717) is 0 Å². The van der Waals surface area contributed by atoms with Gasteiger partial charge in [-0.1, -0.05) is 43.4 Å².